The molecule has 2 amide bonds. The molecule has 0 radical (unpaired) electrons. The summed E-state index contributed by atoms with van der Waals surface area (Å²) < 4.78 is 2.76. The first-order valence-corrected chi connectivity index (χ1v) is 10.7. The highest BCUT2D eigenvalue weighted by molar-refractivity contribution is 7.97. The first-order valence-electron chi connectivity index (χ1n) is 9.44. The molecule has 5 heteroatoms. The Bertz CT molecular complexity index is 1030. The average molecular weight is 390 g/mol. The number of pyridine rings is 1. The maximum atomic E-state index is 12.3. The third-order valence-corrected chi connectivity index (χ3v) is 5.60. The Morgan fingerprint density at radius 1 is 1.07 bits per heavy atom. The van der Waals surface area contributed by atoms with Gasteiger partial charge in [0.1, 0.15) is 0 Å². The number of aromatic nitrogens is 1. The van der Waals surface area contributed by atoms with E-state index in [9.17, 15) is 4.79 Å². The van der Waals surface area contributed by atoms with Gasteiger partial charge in [0.15, 0.2) is 0 Å². The van der Waals surface area contributed by atoms with Gasteiger partial charge in [-0.2, -0.15) is 0 Å². The zero-order valence-corrected chi connectivity index (χ0v) is 16.9. The van der Waals surface area contributed by atoms with Crippen molar-refractivity contribution < 1.29 is 4.79 Å². The van der Waals surface area contributed by atoms with E-state index in [1.54, 1.807) is 0 Å². The van der Waals surface area contributed by atoms with Gasteiger partial charge in [-0.05, 0) is 60.6 Å². The molecule has 4 nitrogen and oxygen atoms in total. The van der Waals surface area contributed by atoms with Crippen molar-refractivity contribution in [3.8, 4) is 22.4 Å². The maximum Gasteiger partial charge on any atom is 0.329 e. The van der Waals surface area contributed by atoms with E-state index in [2.05, 4.69) is 52.3 Å². The number of hydrogen-bond donors (Lipinski definition) is 2. The zero-order valence-electron chi connectivity index (χ0n) is 16.1. The number of fused-ring (bicyclic) bond motifs is 1. The fourth-order valence-corrected chi connectivity index (χ4v) is 4.12. The van der Waals surface area contributed by atoms with Crippen LogP contribution >= 0.6 is 11.9 Å². The number of anilines is 1. The Hall–Kier alpha value is -2.79. The van der Waals surface area contributed by atoms with Crippen molar-refractivity contribution in [3.05, 3.63) is 71.4 Å². The number of rotatable bonds is 4. The fraction of sp³-hybridized carbons (Fsp3) is 0.217. The Labute approximate surface area is 169 Å². The minimum absolute atomic E-state index is 0.192. The predicted molar refractivity (Wildman–Crippen MR) is 118 cm³/mol. The Morgan fingerprint density at radius 2 is 1.93 bits per heavy atom. The predicted octanol–water partition coefficient (Wildman–Crippen LogP) is 5.61. The fourth-order valence-electron chi connectivity index (χ4n) is 3.89. The van der Waals surface area contributed by atoms with Gasteiger partial charge in [0.05, 0.1) is 11.4 Å². The lowest BCUT2D eigenvalue weighted by molar-refractivity contribution is 0.257. The maximum absolute atomic E-state index is 12.3. The molecule has 3 aromatic rings. The molecule has 0 unspecified atom stereocenters. The van der Waals surface area contributed by atoms with E-state index in [0.717, 1.165) is 47.3 Å². The van der Waals surface area contributed by atoms with Crippen molar-refractivity contribution in [2.24, 2.45) is 0 Å². The van der Waals surface area contributed by atoms with E-state index in [4.69, 9.17) is 0 Å². The zero-order chi connectivity index (χ0) is 19.5. The number of nitrogens with zero attached hydrogens (tertiary/aromatic N) is 1. The second-order valence-electron chi connectivity index (χ2n) is 6.98. The lowest BCUT2D eigenvalue weighted by atomic mass is 9.96. The van der Waals surface area contributed by atoms with Gasteiger partial charge >= 0.3 is 6.03 Å². The summed E-state index contributed by atoms with van der Waals surface area (Å²) in [6.07, 6.45) is 6.87. The van der Waals surface area contributed by atoms with Crippen LogP contribution in [0.15, 0.2) is 54.7 Å². The molecule has 0 aliphatic heterocycles. The summed E-state index contributed by atoms with van der Waals surface area (Å²) in [5.41, 5.74) is 8.86. The molecule has 0 fully saturated rings. The molecule has 0 bridgehead atoms. The molecule has 28 heavy (non-hydrogen) atoms. The summed E-state index contributed by atoms with van der Waals surface area (Å²) in [4.78, 5) is 16.9. The molecular weight excluding hydrogens is 366 g/mol. The van der Waals surface area contributed by atoms with Crippen LogP contribution in [0, 0.1) is 6.92 Å². The number of nitrogens with one attached hydrogen (secondary N) is 2. The number of carbonyl (C=O) groups is 1. The topological polar surface area (TPSA) is 54.0 Å². The molecule has 0 atom stereocenters. The van der Waals surface area contributed by atoms with Crippen LogP contribution in [-0.2, 0) is 12.8 Å². The largest absolute Gasteiger partial charge is 0.329 e. The first-order chi connectivity index (χ1) is 13.7. The third-order valence-electron chi connectivity index (χ3n) is 5.21. The van der Waals surface area contributed by atoms with Crippen molar-refractivity contribution in [2.75, 3.05) is 11.6 Å². The smallest absolute Gasteiger partial charge is 0.306 e. The Morgan fingerprint density at radius 3 is 2.75 bits per heavy atom. The SMILES string of the molecule is CSNC(=O)Nc1c(-c2ccnc(-c3ccccc3C)c2)ccc2c1CCC2. The molecule has 1 aliphatic carbocycles. The number of carbonyl (C=O) groups excluding carboxylic acids is 1. The van der Waals surface area contributed by atoms with E-state index in [0.29, 0.717) is 0 Å². The van der Waals surface area contributed by atoms with Gasteiger partial charge in [0, 0.05) is 23.6 Å². The molecule has 2 N–H and O–H groups in total. The van der Waals surface area contributed by atoms with Crippen LogP contribution < -0.4 is 10.0 Å². The minimum Gasteiger partial charge on any atom is -0.306 e. The normalized spacial score (nSPS) is 12.5. The lowest BCUT2D eigenvalue weighted by Crippen LogP contribution is -2.23. The van der Waals surface area contributed by atoms with Crippen LogP contribution in [0.25, 0.3) is 22.4 Å². The summed E-state index contributed by atoms with van der Waals surface area (Å²) in [5, 5.41) is 3.09. The number of aryl methyl sites for hydroxylation is 2. The third kappa shape index (κ3) is 3.62. The van der Waals surface area contributed by atoms with Gasteiger partial charge in [-0.3, -0.25) is 9.71 Å². The molecule has 1 aliphatic rings. The van der Waals surface area contributed by atoms with E-state index in [1.165, 1.54) is 28.6 Å². The van der Waals surface area contributed by atoms with Crippen LogP contribution in [0.4, 0.5) is 10.5 Å². The summed E-state index contributed by atoms with van der Waals surface area (Å²) in [6.45, 7) is 2.10. The van der Waals surface area contributed by atoms with E-state index >= 15 is 0 Å². The Kier molecular flexibility index (Phi) is 5.35. The molecule has 142 valence electrons. The van der Waals surface area contributed by atoms with Crippen LogP contribution in [0.1, 0.15) is 23.1 Å². The number of urea groups is 1. The minimum atomic E-state index is -0.192. The van der Waals surface area contributed by atoms with E-state index in [-0.39, 0.29) is 6.03 Å². The number of amides is 2. The highest BCUT2D eigenvalue weighted by Crippen LogP contribution is 2.38. The van der Waals surface area contributed by atoms with E-state index in [1.807, 2.05) is 30.7 Å². The van der Waals surface area contributed by atoms with Crippen molar-refractivity contribution in [1.29, 1.82) is 0 Å². The van der Waals surface area contributed by atoms with Gasteiger partial charge in [-0.25, -0.2) is 4.79 Å². The standard InChI is InChI=1S/C23H23N3OS/c1-15-6-3-4-8-18(15)21-14-17(12-13-24-21)20-11-10-16-7-5-9-19(16)22(20)25-23(27)26-28-2/h3-4,6,8,10-14H,5,7,9H2,1-2H3,(H2,25,26,27). The van der Waals surface area contributed by atoms with Gasteiger partial charge in [0.25, 0.3) is 0 Å². The summed E-state index contributed by atoms with van der Waals surface area (Å²) in [6, 6.07) is 16.5. The van der Waals surface area contributed by atoms with Crippen molar-refractivity contribution >= 4 is 23.7 Å². The van der Waals surface area contributed by atoms with Gasteiger partial charge in [-0.15, -0.1) is 0 Å². The van der Waals surface area contributed by atoms with Crippen molar-refractivity contribution in [1.82, 2.24) is 9.71 Å². The van der Waals surface area contributed by atoms with Crippen molar-refractivity contribution in [3.63, 3.8) is 0 Å². The number of benzene rings is 2. The average Bonchev–Trinajstić information content (AvgIpc) is 3.18. The number of hydrogen-bond acceptors (Lipinski definition) is 3. The Balaban J connectivity index is 1.80. The van der Waals surface area contributed by atoms with Crippen LogP contribution in [0.2, 0.25) is 0 Å². The van der Waals surface area contributed by atoms with Crippen LogP contribution in [-0.4, -0.2) is 17.3 Å². The van der Waals surface area contributed by atoms with Gasteiger partial charge < -0.3 is 5.32 Å². The molecule has 0 spiro atoms. The van der Waals surface area contributed by atoms with Crippen LogP contribution in [0.3, 0.4) is 0 Å². The highest BCUT2D eigenvalue weighted by Gasteiger charge is 2.20. The molecule has 2 aromatic carbocycles. The molecular formula is C23H23N3OS. The summed E-state index contributed by atoms with van der Waals surface area (Å²) in [7, 11) is 0. The molecule has 1 aromatic heterocycles. The lowest BCUT2D eigenvalue weighted by Gasteiger charge is -2.17. The van der Waals surface area contributed by atoms with Crippen molar-refractivity contribution in [2.45, 2.75) is 26.2 Å². The monoisotopic (exact) mass is 389 g/mol. The molecule has 4 rings (SSSR count). The highest BCUT2D eigenvalue weighted by atomic mass is 32.2. The van der Waals surface area contributed by atoms with Crippen LogP contribution in [0.5, 0.6) is 0 Å². The van der Waals surface area contributed by atoms with Gasteiger partial charge in [-0.1, -0.05) is 48.3 Å². The van der Waals surface area contributed by atoms with E-state index < -0.39 is 0 Å². The first kappa shape index (κ1) is 18.6. The second kappa shape index (κ2) is 8.07. The summed E-state index contributed by atoms with van der Waals surface area (Å²) in [5.74, 6) is 0. The van der Waals surface area contributed by atoms with Gasteiger partial charge in [0.2, 0.25) is 0 Å². The molecule has 0 saturated carbocycles. The molecule has 0 saturated heterocycles. The molecule has 1 heterocycles. The summed E-state index contributed by atoms with van der Waals surface area (Å²) >= 11 is 1.29. The quantitative estimate of drug-likeness (QED) is 0.570. The second-order valence-corrected chi connectivity index (χ2v) is 7.60.